The lowest BCUT2D eigenvalue weighted by molar-refractivity contribution is -0.0447. The van der Waals surface area contributed by atoms with Crippen LogP contribution < -0.4 is 5.73 Å². The van der Waals surface area contributed by atoms with E-state index in [1.54, 1.807) is 6.21 Å². The van der Waals surface area contributed by atoms with Gasteiger partial charge in [0.05, 0.1) is 5.57 Å². The highest BCUT2D eigenvalue weighted by molar-refractivity contribution is 5.83. The molecule has 0 saturated heterocycles. The summed E-state index contributed by atoms with van der Waals surface area (Å²) in [7, 11) is 0. The standard InChI is InChI=1S/C28H43N3/c1-19-5-6-22-7-8-23-25-10-9-24(20(2)17-31-18-21(15-29)16-30)28(25,4)14-12-26(23)27(22,3)13-11-19/h7,15,18-20,23-26H,5-6,8-14,17,29H2,1-4H3/b21-15-,31-18?. The molecule has 0 aliphatic heterocycles. The first-order valence-electron chi connectivity index (χ1n) is 12.8. The zero-order valence-corrected chi connectivity index (χ0v) is 20.2. The van der Waals surface area contributed by atoms with E-state index in [9.17, 15) is 0 Å². The van der Waals surface area contributed by atoms with Crippen molar-refractivity contribution in [1.82, 2.24) is 0 Å². The van der Waals surface area contributed by atoms with Gasteiger partial charge < -0.3 is 5.73 Å². The summed E-state index contributed by atoms with van der Waals surface area (Å²) in [5.41, 5.74) is 8.68. The second-order valence-electron chi connectivity index (χ2n) is 11.9. The Bertz CT molecular complexity index is 802. The highest BCUT2D eigenvalue weighted by Crippen LogP contribution is 2.67. The summed E-state index contributed by atoms with van der Waals surface area (Å²) in [5, 5.41) is 9.05. The van der Waals surface area contributed by atoms with Crippen molar-refractivity contribution >= 4 is 6.21 Å². The van der Waals surface area contributed by atoms with Gasteiger partial charge in [0.15, 0.2) is 0 Å². The predicted molar refractivity (Wildman–Crippen MR) is 129 cm³/mol. The third kappa shape index (κ3) is 3.90. The largest absolute Gasteiger partial charge is 0.403 e. The molecule has 0 aromatic carbocycles. The minimum atomic E-state index is 0.456. The first-order valence-corrected chi connectivity index (χ1v) is 12.8. The molecule has 0 aromatic heterocycles. The van der Waals surface area contributed by atoms with E-state index in [0.29, 0.717) is 22.3 Å². The summed E-state index contributed by atoms with van der Waals surface area (Å²) in [6.07, 6.45) is 18.2. The van der Waals surface area contributed by atoms with E-state index in [-0.39, 0.29) is 0 Å². The Morgan fingerprint density at radius 2 is 2.03 bits per heavy atom. The Hall–Kier alpha value is -1.56. The highest BCUT2D eigenvalue weighted by atomic mass is 14.7. The van der Waals surface area contributed by atoms with Gasteiger partial charge in [-0.25, -0.2) is 0 Å². The summed E-state index contributed by atoms with van der Waals surface area (Å²) in [5.74, 6) is 4.85. The van der Waals surface area contributed by atoms with E-state index in [2.05, 4.69) is 44.8 Å². The van der Waals surface area contributed by atoms with Gasteiger partial charge in [-0.2, -0.15) is 5.26 Å². The smallest absolute Gasteiger partial charge is 0.102 e. The molecule has 0 bridgehead atoms. The Labute approximate surface area is 190 Å². The zero-order chi connectivity index (χ0) is 22.2. The number of nitrogens with zero attached hydrogens (tertiary/aromatic N) is 2. The first kappa shape index (κ1) is 22.6. The average molecular weight is 422 g/mol. The quantitative estimate of drug-likeness (QED) is 0.313. The molecule has 8 unspecified atom stereocenters. The molecule has 0 radical (unpaired) electrons. The monoisotopic (exact) mass is 421 g/mol. The molecule has 3 saturated carbocycles. The number of hydrogen-bond acceptors (Lipinski definition) is 3. The third-order valence-corrected chi connectivity index (χ3v) is 10.4. The van der Waals surface area contributed by atoms with Crippen LogP contribution in [0.3, 0.4) is 0 Å². The molecule has 8 atom stereocenters. The van der Waals surface area contributed by atoms with Gasteiger partial charge in [0.25, 0.3) is 0 Å². The number of nitrogens with two attached hydrogens (primary N) is 1. The normalized spacial score (nSPS) is 43.9. The predicted octanol–water partition coefficient (Wildman–Crippen LogP) is 6.66. The second kappa shape index (κ2) is 8.76. The average Bonchev–Trinajstić information content (AvgIpc) is 3.04. The molecule has 0 heterocycles. The van der Waals surface area contributed by atoms with Crippen LogP contribution in [0, 0.1) is 57.7 Å². The molecular weight excluding hydrogens is 378 g/mol. The van der Waals surface area contributed by atoms with Gasteiger partial charge >= 0.3 is 0 Å². The van der Waals surface area contributed by atoms with E-state index in [0.717, 1.165) is 36.1 Å². The fraction of sp³-hybridized carbons (Fsp3) is 0.786. The maximum absolute atomic E-state index is 9.05. The molecule has 0 amide bonds. The molecule has 0 spiro atoms. The van der Waals surface area contributed by atoms with Crippen molar-refractivity contribution in [3.05, 3.63) is 23.4 Å². The molecule has 3 fully saturated rings. The Balaban J connectivity index is 1.50. The lowest BCUT2D eigenvalue weighted by Crippen LogP contribution is -2.49. The van der Waals surface area contributed by atoms with Gasteiger partial charge in [0.2, 0.25) is 0 Å². The number of hydrogen-bond donors (Lipinski definition) is 1. The van der Waals surface area contributed by atoms with Gasteiger partial charge in [-0.05, 0) is 104 Å². The fourth-order valence-electron chi connectivity index (χ4n) is 8.51. The summed E-state index contributed by atoms with van der Waals surface area (Å²) in [6.45, 7) is 10.9. The van der Waals surface area contributed by atoms with Crippen LogP contribution in [-0.4, -0.2) is 12.8 Å². The van der Waals surface area contributed by atoms with Crippen molar-refractivity contribution in [2.45, 2.75) is 85.5 Å². The second-order valence-corrected chi connectivity index (χ2v) is 11.9. The van der Waals surface area contributed by atoms with Gasteiger partial charge in [0, 0.05) is 19.0 Å². The van der Waals surface area contributed by atoms with Gasteiger partial charge in [0.1, 0.15) is 6.07 Å². The maximum atomic E-state index is 9.05. The number of nitriles is 1. The van der Waals surface area contributed by atoms with Crippen LogP contribution in [0.4, 0.5) is 0 Å². The Kier molecular flexibility index (Phi) is 6.39. The Morgan fingerprint density at radius 3 is 2.77 bits per heavy atom. The molecule has 3 heteroatoms. The fourth-order valence-corrected chi connectivity index (χ4v) is 8.51. The highest BCUT2D eigenvalue weighted by Gasteiger charge is 2.58. The van der Waals surface area contributed by atoms with E-state index in [1.807, 2.05) is 5.57 Å². The molecule has 4 aliphatic rings. The van der Waals surface area contributed by atoms with Gasteiger partial charge in [-0.15, -0.1) is 0 Å². The molecule has 4 rings (SSSR count). The van der Waals surface area contributed by atoms with Crippen LogP contribution in [0.15, 0.2) is 28.4 Å². The Morgan fingerprint density at radius 1 is 1.23 bits per heavy atom. The van der Waals surface area contributed by atoms with Crippen LogP contribution in [0.2, 0.25) is 0 Å². The van der Waals surface area contributed by atoms with Crippen LogP contribution >= 0.6 is 0 Å². The summed E-state index contributed by atoms with van der Waals surface area (Å²) >= 11 is 0. The summed E-state index contributed by atoms with van der Waals surface area (Å²) in [4.78, 5) is 4.59. The van der Waals surface area contributed by atoms with Crippen LogP contribution in [-0.2, 0) is 0 Å². The molecular formula is C28H43N3. The van der Waals surface area contributed by atoms with Crippen molar-refractivity contribution in [3.63, 3.8) is 0 Å². The molecule has 0 aromatic rings. The minimum absolute atomic E-state index is 0.456. The first-order chi connectivity index (χ1) is 14.8. The minimum Gasteiger partial charge on any atom is -0.403 e. The third-order valence-electron chi connectivity index (χ3n) is 10.4. The SMILES string of the molecule is CC1CCC2=CCC3C(CCC4(C)C(C(C)CN=C/C(C#N)=C\N)CCC34)C2(C)CC1. The van der Waals surface area contributed by atoms with Crippen molar-refractivity contribution in [1.29, 1.82) is 5.26 Å². The van der Waals surface area contributed by atoms with Crippen molar-refractivity contribution in [3.8, 4) is 6.07 Å². The topological polar surface area (TPSA) is 62.2 Å². The van der Waals surface area contributed by atoms with E-state index in [1.165, 1.54) is 64.0 Å². The molecule has 31 heavy (non-hydrogen) atoms. The van der Waals surface area contributed by atoms with Gasteiger partial charge in [-0.1, -0.05) is 39.3 Å². The molecule has 4 aliphatic carbocycles. The molecule has 2 N–H and O–H groups in total. The number of allylic oxidation sites excluding steroid dienone is 3. The van der Waals surface area contributed by atoms with E-state index >= 15 is 0 Å². The lowest BCUT2D eigenvalue weighted by atomic mass is 9.48. The van der Waals surface area contributed by atoms with Crippen molar-refractivity contribution in [2.24, 2.45) is 57.1 Å². The van der Waals surface area contributed by atoms with Crippen LogP contribution in [0.5, 0.6) is 0 Å². The number of aliphatic imine (C=N–C) groups is 1. The molecule has 170 valence electrons. The van der Waals surface area contributed by atoms with Crippen molar-refractivity contribution in [2.75, 3.05) is 6.54 Å². The maximum Gasteiger partial charge on any atom is 0.102 e. The summed E-state index contributed by atoms with van der Waals surface area (Å²) < 4.78 is 0. The lowest BCUT2D eigenvalue weighted by Gasteiger charge is -2.57. The van der Waals surface area contributed by atoms with Gasteiger partial charge in [-0.3, -0.25) is 4.99 Å². The number of rotatable bonds is 4. The van der Waals surface area contributed by atoms with Crippen molar-refractivity contribution < 1.29 is 0 Å². The van der Waals surface area contributed by atoms with E-state index in [4.69, 9.17) is 11.0 Å². The van der Waals surface area contributed by atoms with Crippen LogP contribution in [0.25, 0.3) is 0 Å². The van der Waals surface area contributed by atoms with Crippen LogP contribution in [0.1, 0.15) is 85.5 Å². The number of fused-ring (bicyclic) bond motifs is 5. The zero-order valence-electron chi connectivity index (χ0n) is 20.2. The van der Waals surface area contributed by atoms with E-state index < -0.39 is 0 Å². The summed E-state index contributed by atoms with van der Waals surface area (Å²) in [6, 6.07) is 2.09. The molecule has 3 nitrogen and oxygen atoms in total.